The van der Waals surface area contributed by atoms with E-state index in [-0.39, 0.29) is 17.7 Å². The summed E-state index contributed by atoms with van der Waals surface area (Å²) in [6.07, 6.45) is 3.18. The average molecular weight is 222 g/mol. The molecule has 6 heteroatoms. The molecule has 0 radical (unpaired) electrons. The Balaban J connectivity index is 2.52. The van der Waals surface area contributed by atoms with Crippen LogP contribution < -0.4 is 11.3 Å². The molecule has 0 bridgehead atoms. The summed E-state index contributed by atoms with van der Waals surface area (Å²) in [6.45, 7) is 1.37. The Morgan fingerprint density at radius 3 is 2.79 bits per heavy atom. The van der Waals surface area contributed by atoms with Crippen LogP contribution in [0.1, 0.15) is 12.8 Å². The Labute approximate surface area is 84.9 Å². The molecule has 1 fully saturated rings. The van der Waals surface area contributed by atoms with Gasteiger partial charge in [-0.15, -0.1) is 0 Å². The number of rotatable bonds is 4. The fourth-order valence-electron chi connectivity index (χ4n) is 1.73. The smallest absolute Gasteiger partial charge is 0.149 e. The van der Waals surface area contributed by atoms with Crippen molar-refractivity contribution in [1.82, 2.24) is 5.43 Å². The van der Waals surface area contributed by atoms with Crippen LogP contribution in [0.4, 0.5) is 0 Å². The summed E-state index contributed by atoms with van der Waals surface area (Å²) < 4.78 is 27.5. The van der Waals surface area contributed by atoms with Crippen molar-refractivity contribution in [3.63, 3.8) is 0 Å². The third-order valence-electron chi connectivity index (χ3n) is 2.46. The van der Waals surface area contributed by atoms with Crippen molar-refractivity contribution in [3.05, 3.63) is 0 Å². The van der Waals surface area contributed by atoms with Gasteiger partial charge in [-0.1, -0.05) is 0 Å². The summed E-state index contributed by atoms with van der Waals surface area (Å²) in [5.41, 5.74) is 2.57. The van der Waals surface area contributed by atoms with Gasteiger partial charge in [-0.25, -0.2) is 8.42 Å². The Hall–Kier alpha value is -0.170. The quantitative estimate of drug-likeness (QED) is 0.485. The highest BCUT2D eigenvalue weighted by Crippen LogP contribution is 2.17. The lowest BCUT2D eigenvalue weighted by Gasteiger charge is -2.29. The molecule has 2 unspecified atom stereocenters. The minimum Gasteiger partial charge on any atom is -0.381 e. The molecule has 0 aromatic carbocycles. The maximum absolute atomic E-state index is 11.1. The van der Waals surface area contributed by atoms with Crippen LogP contribution >= 0.6 is 0 Å². The third-order valence-corrected chi connectivity index (χ3v) is 3.43. The average Bonchev–Trinajstić information content (AvgIpc) is 2.14. The van der Waals surface area contributed by atoms with Gasteiger partial charge in [0.15, 0.2) is 0 Å². The predicted octanol–water partition coefficient (Wildman–Crippen LogP) is -0.710. The Bertz CT molecular complexity index is 260. The van der Waals surface area contributed by atoms with Crippen LogP contribution in [0.3, 0.4) is 0 Å². The van der Waals surface area contributed by atoms with E-state index in [0.29, 0.717) is 6.61 Å². The molecule has 1 saturated heterocycles. The maximum atomic E-state index is 11.1. The summed E-state index contributed by atoms with van der Waals surface area (Å²) >= 11 is 0. The lowest BCUT2D eigenvalue weighted by molar-refractivity contribution is 0.0425. The molecular formula is C8H18N2O3S. The topological polar surface area (TPSA) is 81.4 Å². The van der Waals surface area contributed by atoms with E-state index in [1.807, 2.05) is 0 Å². The lowest BCUT2D eigenvalue weighted by atomic mass is 9.95. The fourth-order valence-corrected chi connectivity index (χ4v) is 2.75. The van der Waals surface area contributed by atoms with Gasteiger partial charge < -0.3 is 4.74 Å². The largest absolute Gasteiger partial charge is 0.381 e. The van der Waals surface area contributed by atoms with Crippen molar-refractivity contribution in [2.24, 2.45) is 11.8 Å². The monoisotopic (exact) mass is 222 g/mol. The van der Waals surface area contributed by atoms with Gasteiger partial charge in [0.1, 0.15) is 9.84 Å². The zero-order chi connectivity index (χ0) is 10.6. The van der Waals surface area contributed by atoms with Crippen LogP contribution in [0.2, 0.25) is 0 Å². The van der Waals surface area contributed by atoms with Gasteiger partial charge in [0, 0.05) is 18.9 Å². The molecule has 1 heterocycles. The van der Waals surface area contributed by atoms with Gasteiger partial charge in [-0.2, -0.15) is 0 Å². The van der Waals surface area contributed by atoms with Crippen LogP contribution in [-0.4, -0.2) is 39.7 Å². The van der Waals surface area contributed by atoms with E-state index in [2.05, 4.69) is 5.43 Å². The first-order valence-electron chi connectivity index (χ1n) is 4.74. The fraction of sp³-hybridized carbons (Fsp3) is 1.00. The van der Waals surface area contributed by atoms with Gasteiger partial charge in [0.05, 0.1) is 12.4 Å². The van der Waals surface area contributed by atoms with E-state index in [1.165, 1.54) is 6.26 Å². The van der Waals surface area contributed by atoms with Crippen LogP contribution in [0.25, 0.3) is 0 Å². The van der Waals surface area contributed by atoms with Crippen LogP contribution in [0.5, 0.6) is 0 Å². The van der Waals surface area contributed by atoms with Crippen molar-refractivity contribution >= 4 is 9.84 Å². The summed E-state index contributed by atoms with van der Waals surface area (Å²) in [7, 11) is -2.98. The van der Waals surface area contributed by atoms with Crippen molar-refractivity contribution < 1.29 is 13.2 Å². The van der Waals surface area contributed by atoms with E-state index >= 15 is 0 Å². The molecule has 1 aliphatic rings. The second-order valence-corrected chi connectivity index (χ2v) is 6.03. The van der Waals surface area contributed by atoms with Crippen molar-refractivity contribution in [2.75, 3.05) is 25.2 Å². The summed E-state index contributed by atoms with van der Waals surface area (Å²) in [5, 5.41) is 0. The zero-order valence-electron chi connectivity index (χ0n) is 8.40. The van der Waals surface area contributed by atoms with Gasteiger partial charge in [0.25, 0.3) is 0 Å². The second-order valence-electron chi connectivity index (χ2n) is 3.84. The van der Waals surface area contributed by atoms with Crippen molar-refractivity contribution in [1.29, 1.82) is 0 Å². The first-order valence-corrected chi connectivity index (χ1v) is 6.80. The molecule has 0 aromatic heterocycles. The van der Waals surface area contributed by atoms with Crippen LogP contribution in [0, 0.1) is 5.92 Å². The van der Waals surface area contributed by atoms with Gasteiger partial charge in [0.2, 0.25) is 0 Å². The highest BCUT2D eigenvalue weighted by atomic mass is 32.2. The van der Waals surface area contributed by atoms with Gasteiger partial charge in [-0.05, 0) is 18.8 Å². The highest BCUT2D eigenvalue weighted by Gasteiger charge is 2.26. The molecule has 1 aliphatic heterocycles. The summed E-state index contributed by atoms with van der Waals surface area (Å²) in [5.74, 6) is 5.63. The van der Waals surface area contributed by atoms with E-state index in [0.717, 1.165) is 19.4 Å². The zero-order valence-corrected chi connectivity index (χ0v) is 9.22. The molecule has 0 saturated carbocycles. The van der Waals surface area contributed by atoms with Gasteiger partial charge in [-0.3, -0.25) is 11.3 Å². The minimum absolute atomic E-state index is 0.0809. The standard InChI is InChI=1S/C8H18N2O3S/c1-14(11,12)6-8(10-9)7-3-2-4-13-5-7/h7-8,10H,2-6,9H2,1H3. The SMILES string of the molecule is CS(=O)(=O)CC(NN)C1CCCOC1. The van der Waals surface area contributed by atoms with Crippen LogP contribution in [0.15, 0.2) is 0 Å². The summed E-state index contributed by atoms with van der Waals surface area (Å²) in [4.78, 5) is 0. The Kier molecular flexibility index (Phi) is 4.31. The lowest BCUT2D eigenvalue weighted by Crippen LogP contribution is -2.47. The molecule has 5 nitrogen and oxygen atoms in total. The predicted molar refractivity (Wildman–Crippen MR) is 54.4 cm³/mol. The van der Waals surface area contributed by atoms with Crippen LogP contribution in [-0.2, 0) is 14.6 Å². The second kappa shape index (κ2) is 5.06. The molecule has 0 amide bonds. The molecule has 0 spiro atoms. The molecule has 84 valence electrons. The highest BCUT2D eigenvalue weighted by molar-refractivity contribution is 7.90. The first-order chi connectivity index (χ1) is 6.53. The third kappa shape index (κ3) is 3.91. The number of sulfone groups is 1. The molecule has 1 rings (SSSR count). The number of hydrazine groups is 1. The molecule has 14 heavy (non-hydrogen) atoms. The van der Waals surface area contributed by atoms with Crippen molar-refractivity contribution in [2.45, 2.75) is 18.9 Å². The molecular weight excluding hydrogens is 204 g/mol. The van der Waals surface area contributed by atoms with E-state index < -0.39 is 9.84 Å². The van der Waals surface area contributed by atoms with Gasteiger partial charge >= 0.3 is 0 Å². The van der Waals surface area contributed by atoms with E-state index in [4.69, 9.17) is 10.6 Å². The van der Waals surface area contributed by atoms with E-state index in [9.17, 15) is 8.42 Å². The number of hydrogen-bond donors (Lipinski definition) is 2. The minimum atomic E-state index is -2.98. The maximum Gasteiger partial charge on any atom is 0.149 e. The summed E-state index contributed by atoms with van der Waals surface area (Å²) in [6, 6.07) is -0.190. The van der Waals surface area contributed by atoms with E-state index in [1.54, 1.807) is 0 Å². The first kappa shape index (κ1) is 11.9. The molecule has 2 atom stereocenters. The normalized spacial score (nSPS) is 26.0. The number of ether oxygens (including phenoxy) is 1. The molecule has 3 N–H and O–H groups in total. The number of nitrogens with two attached hydrogens (primary N) is 1. The number of hydrogen-bond acceptors (Lipinski definition) is 5. The molecule has 0 aliphatic carbocycles. The Morgan fingerprint density at radius 2 is 2.36 bits per heavy atom. The number of nitrogens with one attached hydrogen (secondary N) is 1. The molecule has 0 aromatic rings. The Morgan fingerprint density at radius 1 is 1.64 bits per heavy atom. The van der Waals surface area contributed by atoms with Crippen molar-refractivity contribution in [3.8, 4) is 0 Å².